The Bertz CT molecular complexity index is 677. The van der Waals surface area contributed by atoms with Crippen LogP contribution in [-0.4, -0.2) is 79.9 Å². The molecule has 0 aromatic carbocycles. The minimum atomic E-state index is -2.87. The molecular formula is C19H35IN4O3S. The standard InChI is InChI=1S/C19H34N4O3S.HI/c1-3-20-18(21-13-17-7-12-27(25,26)14-17)22-10-11-23(16(2)24)19(15-22)8-5-4-6-9-19;/h17H,3-15H2,1-2H3,(H,20,21);1H. The molecule has 0 aromatic rings. The van der Waals surface area contributed by atoms with Crippen molar-refractivity contribution < 1.29 is 13.2 Å². The number of hydrogen-bond donors (Lipinski definition) is 1. The first-order valence-electron chi connectivity index (χ1n) is 10.4. The molecule has 1 amide bonds. The highest BCUT2D eigenvalue weighted by Gasteiger charge is 2.44. The van der Waals surface area contributed by atoms with Crippen molar-refractivity contribution in [3.05, 3.63) is 0 Å². The van der Waals surface area contributed by atoms with E-state index in [2.05, 4.69) is 22.0 Å². The van der Waals surface area contributed by atoms with Crippen LogP contribution in [0.5, 0.6) is 0 Å². The smallest absolute Gasteiger partial charge is 0.220 e. The third kappa shape index (κ3) is 5.52. The second kappa shape index (κ2) is 9.95. The maximum Gasteiger partial charge on any atom is 0.220 e. The molecule has 2 heterocycles. The molecular weight excluding hydrogens is 491 g/mol. The predicted molar refractivity (Wildman–Crippen MR) is 123 cm³/mol. The zero-order valence-electron chi connectivity index (χ0n) is 17.2. The molecule has 28 heavy (non-hydrogen) atoms. The van der Waals surface area contributed by atoms with E-state index < -0.39 is 9.84 Å². The first-order valence-corrected chi connectivity index (χ1v) is 12.2. The number of aliphatic imine (C=N–C) groups is 1. The SMILES string of the molecule is CCNC(=NCC1CCS(=O)(=O)C1)N1CCN(C(C)=O)C2(CCCCC2)C1.I. The minimum absolute atomic E-state index is 0. The maximum absolute atomic E-state index is 12.2. The van der Waals surface area contributed by atoms with Crippen molar-refractivity contribution >= 4 is 45.7 Å². The van der Waals surface area contributed by atoms with E-state index in [4.69, 9.17) is 4.99 Å². The monoisotopic (exact) mass is 526 g/mol. The van der Waals surface area contributed by atoms with E-state index in [0.29, 0.717) is 18.7 Å². The number of hydrogen-bond acceptors (Lipinski definition) is 4. The molecule has 1 aliphatic carbocycles. The Kier molecular flexibility index (Phi) is 8.42. The van der Waals surface area contributed by atoms with Gasteiger partial charge in [-0.15, -0.1) is 24.0 Å². The van der Waals surface area contributed by atoms with Crippen molar-refractivity contribution in [2.75, 3.05) is 44.2 Å². The summed E-state index contributed by atoms with van der Waals surface area (Å²) in [6.45, 7) is 7.40. The average Bonchev–Trinajstić information content (AvgIpc) is 2.98. The number of carbonyl (C=O) groups is 1. The molecule has 7 nitrogen and oxygen atoms in total. The van der Waals surface area contributed by atoms with E-state index in [9.17, 15) is 13.2 Å². The molecule has 1 unspecified atom stereocenters. The van der Waals surface area contributed by atoms with Crippen LogP contribution in [0.1, 0.15) is 52.4 Å². The summed E-state index contributed by atoms with van der Waals surface area (Å²) in [4.78, 5) is 21.4. The van der Waals surface area contributed by atoms with Gasteiger partial charge >= 0.3 is 0 Å². The summed E-state index contributed by atoms with van der Waals surface area (Å²) in [5.74, 6) is 1.73. The lowest BCUT2D eigenvalue weighted by atomic mass is 9.78. The number of nitrogens with one attached hydrogen (secondary N) is 1. The summed E-state index contributed by atoms with van der Waals surface area (Å²) in [6, 6.07) is 0. The molecule has 0 aromatic heterocycles. The molecule has 0 radical (unpaired) electrons. The van der Waals surface area contributed by atoms with Crippen molar-refractivity contribution in [3.63, 3.8) is 0 Å². The molecule has 3 rings (SSSR count). The van der Waals surface area contributed by atoms with Crippen LogP contribution in [0, 0.1) is 5.92 Å². The van der Waals surface area contributed by atoms with Gasteiger partial charge in [-0.05, 0) is 32.1 Å². The zero-order chi connectivity index (χ0) is 19.5. The summed E-state index contributed by atoms with van der Waals surface area (Å²) in [6.07, 6.45) is 6.42. The van der Waals surface area contributed by atoms with E-state index in [-0.39, 0.29) is 47.1 Å². The van der Waals surface area contributed by atoms with Gasteiger partial charge < -0.3 is 15.1 Å². The summed E-state index contributed by atoms with van der Waals surface area (Å²) in [7, 11) is -2.87. The molecule has 1 atom stereocenters. The second-order valence-electron chi connectivity index (χ2n) is 8.34. The molecule has 1 spiro atoms. The first-order chi connectivity index (χ1) is 12.9. The highest BCUT2D eigenvalue weighted by Crippen LogP contribution is 2.36. The fourth-order valence-electron chi connectivity index (χ4n) is 4.95. The van der Waals surface area contributed by atoms with Gasteiger partial charge in [-0.2, -0.15) is 0 Å². The van der Waals surface area contributed by atoms with Crippen LogP contribution >= 0.6 is 24.0 Å². The molecule has 3 aliphatic rings. The topological polar surface area (TPSA) is 82.1 Å². The van der Waals surface area contributed by atoms with Gasteiger partial charge in [-0.1, -0.05) is 19.3 Å². The third-order valence-corrected chi connectivity index (χ3v) is 8.11. The Morgan fingerprint density at radius 2 is 1.93 bits per heavy atom. The maximum atomic E-state index is 12.2. The van der Waals surface area contributed by atoms with Crippen LogP contribution in [-0.2, 0) is 14.6 Å². The van der Waals surface area contributed by atoms with Gasteiger partial charge in [0, 0.05) is 39.6 Å². The third-order valence-electron chi connectivity index (χ3n) is 6.28. The van der Waals surface area contributed by atoms with Crippen molar-refractivity contribution in [3.8, 4) is 0 Å². The van der Waals surface area contributed by atoms with Gasteiger partial charge in [-0.25, -0.2) is 8.42 Å². The zero-order valence-corrected chi connectivity index (χ0v) is 20.3. The van der Waals surface area contributed by atoms with E-state index in [1.807, 2.05) is 0 Å². The Hall–Kier alpha value is -0.580. The van der Waals surface area contributed by atoms with Crippen LogP contribution in [0.3, 0.4) is 0 Å². The Morgan fingerprint density at radius 3 is 2.50 bits per heavy atom. The lowest BCUT2D eigenvalue weighted by molar-refractivity contribution is -0.140. The summed E-state index contributed by atoms with van der Waals surface area (Å²) in [5.41, 5.74) is -0.0742. The molecule has 0 bridgehead atoms. The van der Waals surface area contributed by atoms with E-state index >= 15 is 0 Å². The highest BCUT2D eigenvalue weighted by atomic mass is 127. The molecule has 3 fully saturated rings. The Balaban J connectivity index is 0.00000280. The number of sulfone groups is 1. The van der Waals surface area contributed by atoms with Crippen LogP contribution < -0.4 is 5.32 Å². The lowest BCUT2D eigenvalue weighted by Crippen LogP contribution is -2.66. The summed E-state index contributed by atoms with van der Waals surface area (Å²) >= 11 is 0. The number of halogens is 1. The van der Waals surface area contributed by atoms with Gasteiger partial charge in [0.05, 0.1) is 17.0 Å². The van der Waals surface area contributed by atoms with Gasteiger partial charge in [0.2, 0.25) is 5.91 Å². The number of carbonyl (C=O) groups excluding carboxylic acids is 1. The number of nitrogens with zero attached hydrogens (tertiary/aromatic N) is 3. The first kappa shape index (κ1) is 23.7. The molecule has 9 heteroatoms. The van der Waals surface area contributed by atoms with Crippen LogP contribution in [0.25, 0.3) is 0 Å². The average molecular weight is 526 g/mol. The lowest BCUT2D eigenvalue weighted by Gasteiger charge is -2.53. The van der Waals surface area contributed by atoms with E-state index in [1.165, 1.54) is 19.3 Å². The normalized spacial score (nSPS) is 26.8. The largest absolute Gasteiger partial charge is 0.357 e. The van der Waals surface area contributed by atoms with Crippen molar-refractivity contribution in [1.29, 1.82) is 0 Å². The summed E-state index contributed by atoms with van der Waals surface area (Å²) < 4.78 is 23.4. The van der Waals surface area contributed by atoms with Gasteiger partial charge in [-0.3, -0.25) is 9.79 Å². The fraction of sp³-hybridized carbons (Fsp3) is 0.895. The van der Waals surface area contributed by atoms with Crippen molar-refractivity contribution in [2.24, 2.45) is 10.9 Å². The number of guanidine groups is 1. The van der Waals surface area contributed by atoms with Gasteiger partial charge in [0.1, 0.15) is 0 Å². The van der Waals surface area contributed by atoms with Crippen LogP contribution in [0.2, 0.25) is 0 Å². The van der Waals surface area contributed by atoms with Gasteiger partial charge in [0.25, 0.3) is 0 Å². The molecule has 162 valence electrons. The number of amides is 1. The van der Waals surface area contributed by atoms with Crippen molar-refractivity contribution in [1.82, 2.24) is 15.1 Å². The Morgan fingerprint density at radius 1 is 1.21 bits per heavy atom. The van der Waals surface area contributed by atoms with Crippen LogP contribution in [0.4, 0.5) is 0 Å². The highest BCUT2D eigenvalue weighted by molar-refractivity contribution is 14.0. The molecule has 1 N–H and O–H groups in total. The number of rotatable bonds is 3. The van der Waals surface area contributed by atoms with Gasteiger partial charge in [0.15, 0.2) is 15.8 Å². The van der Waals surface area contributed by atoms with E-state index in [0.717, 1.165) is 45.0 Å². The Labute approximate surface area is 186 Å². The van der Waals surface area contributed by atoms with E-state index in [1.54, 1.807) is 6.92 Å². The predicted octanol–water partition coefficient (Wildman–Crippen LogP) is 1.87. The molecule has 1 saturated carbocycles. The minimum Gasteiger partial charge on any atom is -0.357 e. The van der Waals surface area contributed by atoms with Crippen LogP contribution in [0.15, 0.2) is 4.99 Å². The second-order valence-corrected chi connectivity index (χ2v) is 10.6. The number of piperazine rings is 1. The molecule has 2 aliphatic heterocycles. The fourth-order valence-corrected chi connectivity index (χ4v) is 6.79. The quantitative estimate of drug-likeness (QED) is 0.345. The molecule has 2 saturated heterocycles. The summed E-state index contributed by atoms with van der Waals surface area (Å²) in [5, 5.41) is 3.39. The van der Waals surface area contributed by atoms with Crippen molar-refractivity contribution in [2.45, 2.75) is 57.9 Å².